The van der Waals surface area contributed by atoms with Gasteiger partial charge in [-0.15, -0.1) is 0 Å². The molecule has 0 amide bonds. The van der Waals surface area contributed by atoms with Crippen LogP contribution in [-0.4, -0.2) is 83.4 Å². The first-order valence-electron chi connectivity index (χ1n) is 14.5. The number of aliphatic hydroxyl groups is 2. The van der Waals surface area contributed by atoms with Gasteiger partial charge in [0.1, 0.15) is 30.2 Å². The average molecular weight is 724 g/mol. The molecule has 2 aromatic heterocycles. The van der Waals surface area contributed by atoms with E-state index in [9.17, 15) is 43.7 Å². The van der Waals surface area contributed by atoms with Crippen LogP contribution >= 0.6 is 23.4 Å². The Hall–Kier alpha value is -2.41. The molecule has 7 N–H and O–H groups in total. The van der Waals surface area contributed by atoms with E-state index in [-0.39, 0.29) is 35.3 Å². The molecule has 7 atom stereocenters. The van der Waals surface area contributed by atoms with Gasteiger partial charge in [0.25, 0.3) is 0 Å². The monoisotopic (exact) mass is 723 g/mol. The normalized spacial score (nSPS) is 25.7. The number of nitrogens with one attached hydrogen (secondary N) is 1. The second-order valence-electron chi connectivity index (χ2n) is 10.6. The Morgan fingerprint density at radius 1 is 1.00 bits per heavy atom. The van der Waals surface area contributed by atoms with E-state index in [2.05, 4.69) is 33.1 Å². The Labute approximate surface area is 268 Å². The summed E-state index contributed by atoms with van der Waals surface area (Å²) in [4.78, 5) is 47.7. The Balaban J connectivity index is 1.14. The molecule has 1 fully saturated rings. The maximum Gasteiger partial charge on any atom is 0.486 e. The van der Waals surface area contributed by atoms with Gasteiger partial charge in [-0.05, 0) is 18.7 Å². The summed E-state index contributed by atoms with van der Waals surface area (Å²) in [6, 6.07) is 0. The molecule has 47 heavy (non-hydrogen) atoms. The largest absolute Gasteiger partial charge is 0.861 e. The van der Waals surface area contributed by atoms with E-state index in [0.717, 1.165) is 32.0 Å². The number of unbranched alkanes of at least 4 members (excludes halogenated alkanes) is 5. The fourth-order valence-corrected chi connectivity index (χ4v) is 8.41. The molecule has 4 rings (SSSR count). The number of fused-ring (bicyclic) bond motifs is 1. The minimum Gasteiger partial charge on any atom is -0.861 e. The predicted molar refractivity (Wildman–Crippen MR) is 161 cm³/mol. The van der Waals surface area contributed by atoms with Crippen LogP contribution in [0.2, 0.25) is 0 Å². The molecule has 0 saturated carbocycles. The molecule has 0 aromatic carbocycles. The minimum absolute atomic E-state index is 0.0459. The van der Waals surface area contributed by atoms with Gasteiger partial charge in [-0.25, -0.2) is 28.4 Å². The van der Waals surface area contributed by atoms with Crippen LogP contribution in [0.1, 0.15) is 44.8 Å². The molecular formula is C24H36N7O13P3-2. The lowest BCUT2D eigenvalue weighted by atomic mass is 10.1. The number of hydrogen-bond acceptors (Lipinski definition) is 16. The lowest BCUT2D eigenvalue weighted by molar-refractivity contribution is -0.221. The van der Waals surface area contributed by atoms with Gasteiger partial charge in [0.15, 0.2) is 17.7 Å². The van der Waals surface area contributed by atoms with E-state index >= 15 is 0 Å². The Bertz CT molecular complexity index is 1590. The number of ether oxygens (including phenoxy) is 1. The molecule has 23 heteroatoms. The van der Waals surface area contributed by atoms with Gasteiger partial charge in [0.2, 0.25) is 7.75 Å². The third-order valence-corrected chi connectivity index (χ3v) is 11.4. The fraction of sp³-hybridized carbons (Fsp3) is 0.583. The highest BCUT2D eigenvalue weighted by Gasteiger charge is 2.46. The van der Waals surface area contributed by atoms with Gasteiger partial charge in [-0.3, -0.25) is 18.7 Å². The maximum absolute atomic E-state index is 12.3. The van der Waals surface area contributed by atoms with Gasteiger partial charge >= 0.3 is 15.6 Å². The van der Waals surface area contributed by atoms with Crippen molar-refractivity contribution in [1.29, 1.82) is 0 Å². The molecule has 20 nitrogen and oxygen atoms in total. The molecule has 2 aliphatic rings. The number of nitrogen functional groups attached to an aromatic ring is 1. The van der Waals surface area contributed by atoms with Crippen LogP contribution in [0.4, 0.5) is 5.82 Å². The molecule has 0 spiro atoms. The quantitative estimate of drug-likeness (QED) is 0.0487. The number of anilines is 1. The molecule has 1 aliphatic heterocycles. The molecule has 0 radical (unpaired) electrons. The number of hydrogen-bond donors (Lipinski definition) is 6. The lowest BCUT2D eigenvalue weighted by Gasteiger charge is -2.26. The zero-order valence-electron chi connectivity index (χ0n) is 24.8. The molecule has 1 aliphatic carbocycles. The van der Waals surface area contributed by atoms with Crippen LogP contribution in [0.25, 0.3) is 11.2 Å². The Kier molecular flexibility index (Phi) is 13.0. The van der Waals surface area contributed by atoms with Crippen LogP contribution in [-0.2, 0) is 31.6 Å². The number of imidazole rings is 1. The van der Waals surface area contributed by atoms with Crippen molar-refractivity contribution in [3.63, 3.8) is 0 Å². The van der Waals surface area contributed by atoms with Crippen LogP contribution in [0.5, 0.6) is 0 Å². The molecule has 1 saturated heterocycles. The molecule has 3 heterocycles. The van der Waals surface area contributed by atoms with E-state index < -0.39 is 54.5 Å². The summed E-state index contributed by atoms with van der Waals surface area (Å²) in [5.74, 6) is -0.402. The number of aliphatic imine (C=N–C) groups is 1. The van der Waals surface area contributed by atoms with Gasteiger partial charge in [-0.1, -0.05) is 50.0 Å². The number of aromatic nitrogens is 4. The number of aliphatic hydroxyl groups excluding tert-OH is 2. The summed E-state index contributed by atoms with van der Waals surface area (Å²) < 4.78 is 56.2. The number of phosphoric acid groups is 2. The van der Waals surface area contributed by atoms with Crippen LogP contribution < -0.4 is 20.8 Å². The second-order valence-corrected chi connectivity index (χ2v) is 15.3. The molecule has 0 bridgehead atoms. The Morgan fingerprint density at radius 2 is 1.68 bits per heavy atom. The molecule has 262 valence electrons. The van der Waals surface area contributed by atoms with Gasteiger partial charge < -0.3 is 45.5 Å². The van der Waals surface area contributed by atoms with Crippen molar-refractivity contribution < 1.29 is 61.6 Å². The standard InChI is InChI=1S/C24H38N7O13P3/c25-21-18-22(28-14-27-21)31(15-29-18)24-20(33)19(32)17(42-24)13-41-46(37,38)44-47(39,40)43-45(35,36)30-12-8-4-2-1-3-7-11-26-23(34)16-9-5-6-10-16/h5-6,9-10,14-17,19-20,24,32-33H,1-4,7-8,11-13H2,(H,26,34)(H,37,38)(H,39,40)(H2,25,27,28)(H2,30,35,36)/p-2/t17-,19-,20-,24-/m1/s1. The van der Waals surface area contributed by atoms with Crippen LogP contribution in [0.15, 0.2) is 42.0 Å². The summed E-state index contributed by atoms with van der Waals surface area (Å²) in [5, 5.41) is 34.6. The van der Waals surface area contributed by atoms with Gasteiger partial charge in [-0.2, -0.15) is 4.31 Å². The number of allylic oxidation sites excluding steroid dienone is 2. The topological polar surface area (TPSA) is 309 Å². The lowest BCUT2D eigenvalue weighted by Crippen LogP contribution is -2.33. The average Bonchev–Trinajstić information content (AvgIpc) is 3.73. The van der Waals surface area contributed by atoms with Crippen molar-refractivity contribution in [2.45, 2.75) is 63.1 Å². The highest BCUT2D eigenvalue weighted by Crippen LogP contribution is 2.65. The molecule has 3 unspecified atom stereocenters. The van der Waals surface area contributed by atoms with E-state index in [4.69, 9.17) is 10.5 Å². The first kappa shape index (κ1) is 37.4. The maximum atomic E-state index is 12.3. The minimum atomic E-state index is -5.71. The van der Waals surface area contributed by atoms with Crippen molar-refractivity contribution in [2.24, 2.45) is 10.9 Å². The van der Waals surface area contributed by atoms with Crippen molar-refractivity contribution in [2.75, 3.05) is 25.4 Å². The number of phosphoric ester groups is 1. The van der Waals surface area contributed by atoms with Crippen molar-refractivity contribution in [3.8, 4) is 0 Å². The summed E-state index contributed by atoms with van der Waals surface area (Å²) in [6.07, 6.45) is 7.63. The van der Waals surface area contributed by atoms with E-state index in [0.29, 0.717) is 19.4 Å². The van der Waals surface area contributed by atoms with Crippen LogP contribution in [0.3, 0.4) is 0 Å². The third-order valence-electron chi connectivity index (χ3n) is 7.01. The van der Waals surface area contributed by atoms with E-state index in [1.54, 1.807) is 24.3 Å². The van der Waals surface area contributed by atoms with Crippen molar-refractivity contribution in [1.82, 2.24) is 24.6 Å². The summed E-state index contributed by atoms with van der Waals surface area (Å²) in [6.45, 7) is -0.658. The zero-order chi connectivity index (χ0) is 34.2. The fourth-order valence-electron chi connectivity index (χ4n) is 4.71. The first-order valence-corrected chi connectivity index (χ1v) is 19.0. The zero-order valence-corrected chi connectivity index (χ0v) is 27.5. The number of nitrogens with two attached hydrogens (primary N) is 1. The van der Waals surface area contributed by atoms with E-state index in [1.165, 1.54) is 10.9 Å². The SMILES string of the molecule is Nc1ncnc2c1ncn2[C@@H]1O[C@H](COP(=O)(O)OP(=O)(O)OP(=O)([O-])NCCCCCCCCN=C([O-])C2C=CC=C2)[C@@H](O)[C@H]1O. The van der Waals surface area contributed by atoms with Gasteiger partial charge in [0, 0.05) is 19.0 Å². The van der Waals surface area contributed by atoms with Crippen molar-refractivity contribution in [3.05, 3.63) is 37.0 Å². The molecule has 2 aromatic rings. The predicted octanol–water partition coefficient (Wildman–Crippen LogP) is 0.178. The summed E-state index contributed by atoms with van der Waals surface area (Å²) in [7, 11) is -16.4. The summed E-state index contributed by atoms with van der Waals surface area (Å²) >= 11 is 0. The Morgan fingerprint density at radius 3 is 2.40 bits per heavy atom. The second kappa shape index (κ2) is 16.3. The van der Waals surface area contributed by atoms with E-state index in [1.807, 2.05) is 5.09 Å². The van der Waals surface area contributed by atoms with Gasteiger partial charge in [0.05, 0.1) is 12.9 Å². The molecular weight excluding hydrogens is 687 g/mol. The summed E-state index contributed by atoms with van der Waals surface area (Å²) in [5.41, 5.74) is 6.09. The highest BCUT2D eigenvalue weighted by atomic mass is 31.3. The smallest absolute Gasteiger partial charge is 0.486 e. The highest BCUT2D eigenvalue weighted by molar-refractivity contribution is 7.67. The number of nitrogens with zero attached hydrogens (tertiary/aromatic N) is 5. The van der Waals surface area contributed by atoms with Crippen LogP contribution in [0, 0.1) is 5.92 Å². The van der Waals surface area contributed by atoms with Crippen molar-refractivity contribution >= 4 is 46.3 Å². The third kappa shape index (κ3) is 10.8. The first-order chi connectivity index (χ1) is 22.2. The number of rotatable bonds is 19.